The van der Waals surface area contributed by atoms with Crippen LogP contribution >= 0.6 is 0 Å². The quantitative estimate of drug-likeness (QED) is 0.459. The molecule has 4 aromatic rings. The topological polar surface area (TPSA) is 79.9 Å². The Balaban J connectivity index is 1.55. The van der Waals surface area contributed by atoms with E-state index in [2.05, 4.69) is 24.3 Å². The Kier molecular flexibility index (Phi) is 5.00. The van der Waals surface area contributed by atoms with E-state index in [4.69, 9.17) is 9.72 Å². The van der Waals surface area contributed by atoms with Crippen molar-refractivity contribution in [3.8, 4) is 11.7 Å². The second kappa shape index (κ2) is 7.73. The molecule has 1 fully saturated rings. The molecule has 0 amide bonds. The molecule has 3 aromatic heterocycles. The van der Waals surface area contributed by atoms with Crippen molar-refractivity contribution in [2.75, 3.05) is 7.11 Å². The van der Waals surface area contributed by atoms with Crippen LogP contribution in [0.25, 0.3) is 28.1 Å². The van der Waals surface area contributed by atoms with Crippen molar-refractivity contribution < 1.29 is 22.6 Å². The van der Waals surface area contributed by atoms with Gasteiger partial charge >= 0.3 is 6.36 Å². The Bertz CT molecular complexity index is 1270. The third-order valence-electron chi connectivity index (χ3n) is 5.91. The lowest BCUT2D eigenvalue weighted by molar-refractivity contribution is -0.274. The zero-order valence-electron chi connectivity index (χ0n) is 17.5. The molecule has 0 radical (unpaired) electrons. The highest BCUT2D eigenvalue weighted by molar-refractivity contribution is 5.79. The second-order valence-corrected chi connectivity index (χ2v) is 7.89. The number of nitrogens with zero attached hydrogens (tertiary/aromatic N) is 6. The van der Waals surface area contributed by atoms with E-state index in [1.165, 1.54) is 24.5 Å². The molecule has 8 nitrogen and oxygen atoms in total. The summed E-state index contributed by atoms with van der Waals surface area (Å²) in [7, 11) is 1.74. The number of methoxy groups -OCH3 is 1. The molecular weight excluding hydrogens is 425 g/mol. The monoisotopic (exact) mass is 446 g/mol. The summed E-state index contributed by atoms with van der Waals surface area (Å²) in [5.41, 5.74) is 2.28. The number of alkyl halides is 3. The Morgan fingerprint density at radius 1 is 1.03 bits per heavy atom. The molecule has 0 saturated heterocycles. The van der Waals surface area contributed by atoms with Crippen LogP contribution < -0.4 is 4.74 Å². The fourth-order valence-corrected chi connectivity index (χ4v) is 4.43. The first-order chi connectivity index (χ1) is 15.3. The lowest BCUT2D eigenvalue weighted by Crippen LogP contribution is -2.23. The van der Waals surface area contributed by atoms with Crippen molar-refractivity contribution >= 4 is 22.2 Å². The SMILES string of the molecule is COC1CCC(n2c(C)nc3cnc(-n4cnc5ccc(OC(F)(F)F)cc54)nc32)CC1. The number of benzene rings is 1. The number of imidazole rings is 2. The van der Waals surface area contributed by atoms with Crippen molar-refractivity contribution in [3.05, 3.63) is 36.5 Å². The maximum Gasteiger partial charge on any atom is 0.573 e. The number of aromatic nitrogens is 6. The summed E-state index contributed by atoms with van der Waals surface area (Å²) in [6, 6.07) is 4.22. The molecule has 5 rings (SSSR count). The minimum atomic E-state index is -4.78. The Morgan fingerprint density at radius 3 is 2.53 bits per heavy atom. The number of hydrogen-bond donors (Lipinski definition) is 0. The van der Waals surface area contributed by atoms with E-state index in [9.17, 15) is 13.2 Å². The zero-order chi connectivity index (χ0) is 22.5. The molecular formula is C21H21F3N6O2. The molecule has 1 aliphatic carbocycles. The van der Waals surface area contributed by atoms with Gasteiger partial charge in [0.2, 0.25) is 5.95 Å². The minimum Gasteiger partial charge on any atom is -0.406 e. The summed E-state index contributed by atoms with van der Waals surface area (Å²) in [5.74, 6) is 0.822. The lowest BCUT2D eigenvalue weighted by atomic mass is 9.92. The third kappa shape index (κ3) is 3.77. The molecule has 32 heavy (non-hydrogen) atoms. The van der Waals surface area contributed by atoms with E-state index in [0.717, 1.165) is 31.5 Å². The van der Waals surface area contributed by atoms with Crippen LogP contribution in [-0.4, -0.2) is 48.6 Å². The van der Waals surface area contributed by atoms with Gasteiger partial charge in [-0.1, -0.05) is 0 Å². The van der Waals surface area contributed by atoms with Gasteiger partial charge in [-0.15, -0.1) is 13.2 Å². The van der Waals surface area contributed by atoms with Crippen LogP contribution in [0.4, 0.5) is 13.2 Å². The van der Waals surface area contributed by atoms with Gasteiger partial charge in [-0.3, -0.25) is 4.57 Å². The van der Waals surface area contributed by atoms with E-state index >= 15 is 0 Å². The van der Waals surface area contributed by atoms with Crippen LogP contribution in [-0.2, 0) is 4.74 Å². The molecule has 1 aliphatic rings. The zero-order valence-corrected chi connectivity index (χ0v) is 17.5. The van der Waals surface area contributed by atoms with Gasteiger partial charge in [-0.25, -0.2) is 15.0 Å². The first kappa shape index (κ1) is 20.7. The highest BCUT2D eigenvalue weighted by atomic mass is 19.4. The summed E-state index contributed by atoms with van der Waals surface area (Å²) >= 11 is 0. The van der Waals surface area contributed by atoms with E-state index in [0.29, 0.717) is 28.1 Å². The van der Waals surface area contributed by atoms with E-state index in [1.807, 2.05) is 6.92 Å². The van der Waals surface area contributed by atoms with Crippen LogP contribution in [0.1, 0.15) is 37.5 Å². The molecule has 1 saturated carbocycles. The van der Waals surface area contributed by atoms with Gasteiger partial charge < -0.3 is 14.0 Å². The molecule has 0 bridgehead atoms. The average molecular weight is 446 g/mol. The van der Waals surface area contributed by atoms with Gasteiger partial charge in [-0.2, -0.15) is 4.98 Å². The molecule has 0 atom stereocenters. The molecule has 168 valence electrons. The van der Waals surface area contributed by atoms with Crippen molar-refractivity contribution in [2.45, 2.75) is 51.1 Å². The number of halogens is 3. The van der Waals surface area contributed by atoms with Crippen molar-refractivity contribution in [3.63, 3.8) is 0 Å². The molecule has 0 spiro atoms. The van der Waals surface area contributed by atoms with Crippen molar-refractivity contribution in [1.29, 1.82) is 0 Å². The normalized spacial score (nSPS) is 19.7. The molecule has 0 aliphatic heterocycles. The van der Waals surface area contributed by atoms with Gasteiger partial charge in [0, 0.05) is 19.2 Å². The molecule has 3 heterocycles. The van der Waals surface area contributed by atoms with E-state index in [-0.39, 0.29) is 17.9 Å². The molecule has 0 unspecified atom stereocenters. The largest absolute Gasteiger partial charge is 0.573 e. The standard InChI is InChI=1S/C21H21F3N6O2/c1-12-27-17-10-25-20(28-19(17)30(12)13-3-5-14(31-2)6-4-13)29-11-26-16-8-7-15(9-18(16)29)32-21(22,23)24/h7-11,13-14H,3-6H2,1-2H3. The van der Waals surface area contributed by atoms with Crippen LogP contribution in [0, 0.1) is 6.92 Å². The molecule has 0 N–H and O–H groups in total. The predicted octanol–water partition coefficient (Wildman–Crippen LogP) is 4.50. The number of rotatable bonds is 4. The van der Waals surface area contributed by atoms with Gasteiger partial charge in [0.25, 0.3) is 0 Å². The van der Waals surface area contributed by atoms with Gasteiger partial charge in [0.15, 0.2) is 5.65 Å². The highest BCUT2D eigenvalue weighted by Gasteiger charge is 2.31. The molecule has 1 aromatic carbocycles. The number of fused-ring (bicyclic) bond motifs is 2. The average Bonchev–Trinajstić information content (AvgIpc) is 3.32. The Hall–Kier alpha value is -3.21. The maximum atomic E-state index is 12.6. The summed E-state index contributed by atoms with van der Waals surface area (Å²) in [6.45, 7) is 1.94. The van der Waals surface area contributed by atoms with Gasteiger partial charge in [-0.05, 0) is 44.7 Å². The fraction of sp³-hybridized carbons (Fsp3) is 0.429. The summed E-state index contributed by atoms with van der Waals surface area (Å²) < 4.78 is 51.2. The third-order valence-corrected chi connectivity index (χ3v) is 5.91. The second-order valence-electron chi connectivity index (χ2n) is 7.89. The van der Waals surface area contributed by atoms with Crippen LogP contribution in [0.5, 0.6) is 5.75 Å². The first-order valence-electron chi connectivity index (χ1n) is 10.3. The number of aryl methyl sites for hydroxylation is 1. The van der Waals surface area contributed by atoms with Gasteiger partial charge in [0.1, 0.15) is 23.4 Å². The van der Waals surface area contributed by atoms with Gasteiger partial charge in [0.05, 0.1) is 23.3 Å². The predicted molar refractivity (Wildman–Crippen MR) is 110 cm³/mol. The van der Waals surface area contributed by atoms with Crippen LogP contribution in [0.3, 0.4) is 0 Å². The smallest absolute Gasteiger partial charge is 0.406 e. The lowest BCUT2D eigenvalue weighted by Gasteiger charge is -2.29. The molecule has 11 heteroatoms. The number of ether oxygens (including phenoxy) is 2. The van der Waals surface area contributed by atoms with E-state index < -0.39 is 6.36 Å². The maximum absolute atomic E-state index is 12.6. The van der Waals surface area contributed by atoms with Crippen molar-refractivity contribution in [2.24, 2.45) is 0 Å². The Labute approximate surface area is 181 Å². The fourth-order valence-electron chi connectivity index (χ4n) is 4.43. The minimum absolute atomic E-state index is 0.250. The summed E-state index contributed by atoms with van der Waals surface area (Å²) in [5, 5.41) is 0. The Morgan fingerprint density at radius 2 is 1.81 bits per heavy atom. The summed E-state index contributed by atoms with van der Waals surface area (Å²) in [4.78, 5) is 18.0. The van der Waals surface area contributed by atoms with Crippen LogP contribution in [0.2, 0.25) is 0 Å². The number of hydrogen-bond acceptors (Lipinski definition) is 6. The van der Waals surface area contributed by atoms with Crippen molar-refractivity contribution in [1.82, 2.24) is 29.1 Å². The van der Waals surface area contributed by atoms with E-state index in [1.54, 1.807) is 17.9 Å². The van der Waals surface area contributed by atoms with Crippen LogP contribution in [0.15, 0.2) is 30.7 Å². The first-order valence-corrected chi connectivity index (χ1v) is 10.3. The summed E-state index contributed by atoms with van der Waals surface area (Å²) in [6.07, 6.45) is 2.45. The highest BCUT2D eigenvalue weighted by Crippen LogP contribution is 2.33.